The Morgan fingerprint density at radius 1 is 1.48 bits per heavy atom. The van der Waals surface area contributed by atoms with Crippen molar-refractivity contribution in [2.24, 2.45) is 0 Å². The third-order valence-electron chi connectivity index (χ3n) is 4.16. The molecule has 0 saturated heterocycles. The van der Waals surface area contributed by atoms with Crippen molar-refractivity contribution in [3.63, 3.8) is 0 Å². The van der Waals surface area contributed by atoms with Gasteiger partial charge < -0.3 is 10.1 Å². The molecule has 6 nitrogen and oxygen atoms in total. The van der Waals surface area contributed by atoms with Crippen LogP contribution in [0.15, 0.2) is 0 Å². The van der Waals surface area contributed by atoms with Gasteiger partial charge in [0.25, 0.3) is 0 Å². The number of ether oxygens (including phenoxy) is 1. The van der Waals surface area contributed by atoms with Gasteiger partial charge in [-0.25, -0.2) is 9.67 Å². The predicted molar refractivity (Wildman–Crippen MR) is 80.0 cm³/mol. The number of aromatic nitrogens is 3. The first-order chi connectivity index (χ1) is 10.0. The molecule has 1 aliphatic rings. The molecule has 1 saturated carbocycles. The average Bonchev–Trinajstić information content (AvgIpc) is 2.78. The van der Waals surface area contributed by atoms with Gasteiger partial charge in [0.15, 0.2) is 0 Å². The van der Waals surface area contributed by atoms with Gasteiger partial charge in [0.05, 0.1) is 12.6 Å². The minimum atomic E-state index is -0.583. The Morgan fingerprint density at radius 2 is 2.24 bits per heavy atom. The Balaban J connectivity index is 2.24. The fourth-order valence-corrected chi connectivity index (χ4v) is 3.36. The molecule has 0 spiro atoms. The molecule has 0 amide bonds. The highest BCUT2D eigenvalue weighted by Crippen LogP contribution is 2.36. The highest BCUT2D eigenvalue weighted by Gasteiger charge is 2.44. The van der Waals surface area contributed by atoms with Gasteiger partial charge in [-0.3, -0.25) is 4.79 Å². The van der Waals surface area contributed by atoms with Crippen LogP contribution in [0.2, 0.25) is 0 Å². The van der Waals surface area contributed by atoms with Gasteiger partial charge in [-0.1, -0.05) is 6.92 Å². The van der Waals surface area contributed by atoms with E-state index in [1.165, 1.54) is 0 Å². The average molecular weight is 294 g/mol. The third-order valence-corrected chi connectivity index (χ3v) is 4.16. The van der Waals surface area contributed by atoms with Crippen LogP contribution in [-0.2, 0) is 9.53 Å². The van der Waals surface area contributed by atoms with Crippen LogP contribution in [0.25, 0.3) is 0 Å². The molecule has 0 radical (unpaired) electrons. The molecule has 6 heteroatoms. The number of hydrogen-bond acceptors (Lipinski definition) is 5. The van der Waals surface area contributed by atoms with E-state index >= 15 is 0 Å². The lowest BCUT2D eigenvalue weighted by molar-refractivity contribution is -0.153. The lowest BCUT2D eigenvalue weighted by Gasteiger charge is -2.39. The summed E-state index contributed by atoms with van der Waals surface area (Å²) in [6.07, 6.45) is 3.54. The number of nitrogens with one attached hydrogen (secondary N) is 1. The molecule has 1 heterocycles. The van der Waals surface area contributed by atoms with E-state index < -0.39 is 5.54 Å². The fraction of sp³-hybridized carbons (Fsp3) is 0.800. The number of nitrogens with zero attached hydrogens (tertiary/aromatic N) is 3. The Morgan fingerprint density at radius 3 is 2.81 bits per heavy atom. The highest BCUT2D eigenvalue weighted by atomic mass is 16.5. The van der Waals surface area contributed by atoms with Crippen LogP contribution in [0.5, 0.6) is 0 Å². The second-order valence-corrected chi connectivity index (χ2v) is 5.73. The van der Waals surface area contributed by atoms with Gasteiger partial charge in [-0.2, -0.15) is 5.10 Å². The number of carbonyl (C=O) groups excluding carboxylic acids is 1. The van der Waals surface area contributed by atoms with Gasteiger partial charge >= 0.3 is 5.97 Å². The van der Waals surface area contributed by atoms with Gasteiger partial charge in [-0.15, -0.1) is 0 Å². The molecule has 2 rings (SSSR count). The molecule has 0 aromatic carbocycles. The number of hydrogen-bond donors (Lipinski definition) is 1. The molecule has 21 heavy (non-hydrogen) atoms. The van der Waals surface area contributed by atoms with Crippen LogP contribution in [-0.4, -0.2) is 39.4 Å². The van der Waals surface area contributed by atoms with Crippen LogP contribution in [0, 0.1) is 13.8 Å². The number of aryl methyl sites for hydroxylation is 2. The molecule has 1 aromatic heterocycles. The van der Waals surface area contributed by atoms with Crippen LogP contribution in [0.4, 0.5) is 0 Å². The summed E-state index contributed by atoms with van der Waals surface area (Å²) in [7, 11) is 0. The zero-order valence-electron chi connectivity index (χ0n) is 13.5. The molecule has 1 fully saturated rings. The molecule has 0 bridgehead atoms. The maximum Gasteiger partial charge on any atom is 0.326 e. The summed E-state index contributed by atoms with van der Waals surface area (Å²) in [5.41, 5.74) is -0.583. The fourth-order valence-electron chi connectivity index (χ4n) is 3.36. The smallest absolute Gasteiger partial charge is 0.326 e. The summed E-state index contributed by atoms with van der Waals surface area (Å²) in [6, 6.07) is 0.198. The first kappa shape index (κ1) is 15.9. The number of rotatable bonds is 5. The van der Waals surface area contributed by atoms with Crippen LogP contribution in [0.1, 0.15) is 57.2 Å². The van der Waals surface area contributed by atoms with E-state index in [0.717, 1.165) is 37.5 Å². The number of carbonyl (C=O) groups is 1. The van der Waals surface area contributed by atoms with E-state index in [-0.39, 0.29) is 12.0 Å². The van der Waals surface area contributed by atoms with E-state index in [2.05, 4.69) is 15.4 Å². The summed E-state index contributed by atoms with van der Waals surface area (Å²) >= 11 is 0. The van der Waals surface area contributed by atoms with Crippen LogP contribution in [0.3, 0.4) is 0 Å². The standard InChI is InChI=1S/C15H26N4O2/c1-5-16-15(14(20)21-6-2)9-7-8-13(10-15)19-12(4)17-11(3)18-19/h13,16H,5-10H2,1-4H3. The maximum atomic E-state index is 12.4. The summed E-state index contributed by atoms with van der Waals surface area (Å²) in [5.74, 6) is 1.56. The van der Waals surface area contributed by atoms with Crippen molar-refractivity contribution in [1.82, 2.24) is 20.1 Å². The Kier molecular flexibility index (Phi) is 4.98. The van der Waals surface area contributed by atoms with Crippen molar-refractivity contribution in [1.29, 1.82) is 0 Å². The quantitative estimate of drug-likeness (QED) is 0.840. The normalized spacial score (nSPS) is 25.8. The first-order valence-electron chi connectivity index (χ1n) is 7.84. The monoisotopic (exact) mass is 294 g/mol. The van der Waals surface area contributed by atoms with Crippen LogP contribution >= 0.6 is 0 Å². The first-order valence-corrected chi connectivity index (χ1v) is 7.84. The molecule has 1 aliphatic carbocycles. The van der Waals surface area contributed by atoms with E-state index in [9.17, 15) is 4.79 Å². The maximum absolute atomic E-state index is 12.4. The predicted octanol–water partition coefficient (Wildman–Crippen LogP) is 1.92. The molecular weight excluding hydrogens is 268 g/mol. The van der Waals surface area contributed by atoms with Crippen molar-refractivity contribution in [3.8, 4) is 0 Å². The lowest BCUT2D eigenvalue weighted by Crippen LogP contribution is -2.55. The zero-order chi connectivity index (χ0) is 15.5. The number of esters is 1. The minimum absolute atomic E-state index is 0.133. The van der Waals surface area contributed by atoms with E-state index in [1.807, 2.05) is 32.4 Å². The molecule has 2 atom stereocenters. The molecule has 2 unspecified atom stereocenters. The topological polar surface area (TPSA) is 69.0 Å². The zero-order valence-corrected chi connectivity index (χ0v) is 13.5. The second-order valence-electron chi connectivity index (χ2n) is 5.73. The van der Waals surface area contributed by atoms with Crippen molar-refractivity contribution >= 4 is 5.97 Å². The molecule has 1 N–H and O–H groups in total. The van der Waals surface area contributed by atoms with Gasteiger partial charge in [0.1, 0.15) is 17.2 Å². The Labute approximate surface area is 126 Å². The molecule has 118 valence electrons. The van der Waals surface area contributed by atoms with Crippen molar-refractivity contribution in [2.75, 3.05) is 13.2 Å². The minimum Gasteiger partial charge on any atom is -0.465 e. The Hall–Kier alpha value is -1.43. The summed E-state index contributed by atoms with van der Waals surface area (Å²) in [6.45, 7) is 8.90. The summed E-state index contributed by atoms with van der Waals surface area (Å²) < 4.78 is 7.28. The summed E-state index contributed by atoms with van der Waals surface area (Å²) in [4.78, 5) is 16.8. The van der Waals surface area contributed by atoms with E-state index in [1.54, 1.807) is 0 Å². The highest BCUT2D eigenvalue weighted by molar-refractivity contribution is 5.81. The second kappa shape index (κ2) is 6.56. The largest absolute Gasteiger partial charge is 0.465 e. The Bertz CT molecular complexity index is 496. The SMILES string of the molecule is CCNC1(C(=O)OCC)CCCC(n2nc(C)nc2C)C1. The number of likely N-dealkylation sites (N-methyl/N-ethyl adjacent to an activating group) is 1. The van der Waals surface area contributed by atoms with Crippen LogP contribution < -0.4 is 5.32 Å². The molecule has 1 aromatic rings. The molecular formula is C15H26N4O2. The van der Waals surface area contributed by atoms with E-state index in [4.69, 9.17) is 4.74 Å². The van der Waals surface area contributed by atoms with Gasteiger partial charge in [0.2, 0.25) is 0 Å². The lowest BCUT2D eigenvalue weighted by atomic mass is 9.78. The van der Waals surface area contributed by atoms with Crippen molar-refractivity contribution < 1.29 is 9.53 Å². The summed E-state index contributed by atoms with van der Waals surface area (Å²) in [5, 5.41) is 7.86. The van der Waals surface area contributed by atoms with Gasteiger partial charge in [-0.05, 0) is 53.0 Å². The molecule has 0 aliphatic heterocycles. The third kappa shape index (κ3) is 3.26. The van der Waals surface area contributed by atoms with E-state index in [0.29, 0.717) is 13.0 Å². The van der Waals surface area contributed by atoms with Crippen molar-refractivity contribution in [2.45, 2.75) is 65.0 Å². The van der Waals surface area contributed by atoms with Gasteiger partial charge in [0, 0.05) is 0 Å². The van der Waals surface area contributed by atoms with Crippen molar-refractivity contribution in [3.05, 3.63) is 11.6 Å².